The molecule has 138 valence electrons. The topological polar surface area (TPSA) is 148 Å². The van der Waals surface area contributed by atoms with E-state index in [0.717, 1.165) is 0 Å². The number of hydrogen-bond donors (Lipinski definition) is 3. The summed E-state index contributed by atoms with van der Waals surface area (Å²) in [5.74, 6) is -2.90. The molecule has 0 aliphatic carbocycles. The largest absolute Gasteiger partial charge is 0.481 e. The molecule has 10 heteroatoms. The average molecular weight is 349 g/mol. The Morgan fingerprint density at radius 1 is 0.792 bits per heavy atom. The summed E-state index contributed by atoms with van der Waals surface area (Å²) in [6.07, 6.45) is 1.09. The lowest BCUT2D eigenvalue weighted by atomic mass is 10.2. The van der Waals surface area contributed by atoms with Gasteiger partial charge in [-0.25, -0.2) is 4.79 Å². The van der Waals surface area contributed by atoms with E-state index in [4.69, 9.17) is 19.7 Å². The molecule has 0 atom stereocenters. The van der Waals surface area contributed by atoms with Crippen LogP contribution in [-0.2, 0) is 33.4 Å². The maximum Gasteiger partial charge on any atom is 0.329 e. The number of carboxylic acids is 2. The molecule has 24 heavy (non-hydrogen) atoms. The molecule has 0 saturated carbocycles. The van der Waals surface area contributed by atoms with E-state index < -0.39 is 30.4 Å². The van der Waals surface area contributed by atoms with Crippen LogP contribution in [0.1, 0.15) is 25.7 Å². The molecule has 0 bridgehead atoms. The highest BCUT2D eigenvalue weighted by Gasteiger charge is 2.05. The summed E-state index contributed by atoms with van der Waals surface area (Å²) >= 11 is 0. The fourth-order valence-corrected chi connectivity index (χ4v) is 1.48. The molecule has 0 aromatic rings. The summed E-state index contributed by atoms with van der Waals surface area (Å²) in [4.78, 5) is 42.9. The summed E-state index contributed by atoms with van der Waals surface area (Å²) in [5, 5.41) is 19.2. The summed E-state index contributed by atoms with van der Waals surface area (Å²) in [5.41, 5.74) is 0. The molecule has 0 heterocycles. The van der Waals surface area contributed by atoms with Gasteiger partial charge in [-0.1, -0.05) is 0 Å². The number of ether oxygens (including phenoxy) is 3. The van der Waals surface area contributed by atoms with Crippen LogP contribution < -0.4 is 5.32 Å². The van der Waals surface area contributed by atoms with Crippen molar-refractivity contribution in [2.75, 3.05) is 39.6 Å². The minimum absolute atomic E-state index is 0.0312. The molecule has 0 aliphatic heterocycles. The quantitative estimate of drug-likeness (QED) is 0.260. The molecule has 0 fully saturated rings. The molecular weight excluding hydrogens is 326 g/mol. The number of carbonyl (C=O) groups is 4. The van der Waals surface area contributed by atoms with Crippen LogP contribution in [0.25, 0.3) is 0 Å². The molecule has 0 spiro atoms. The molecule has 0 aromatic heterocycles. The molecule has 0 rings (SSSR count). The van der Waals surface area contributed by atoms with Crippen molar-refractivity contribution in [1.82, 2.24) is 5.32 Å². The third kappa shape index (κ3) is 16.2. The smallest absolute Gasteiger partial charge is 0.329 e. The summed E-state index contributed by atoms with van der Waals surface area (Å²) in [6.45, 7) is -0.198. The van der Waals surface area contributed by atoms with E-state index in [2.05, 4.69) is 10.1 Å². The van der Waals surface area contributed by atoms with E-state index in [1.54, 1.807) is 0 Å². The molecule has 0 aliphatic rings. The monoisotopic (exact) mass is 349 g/mol. The van der Waals surface area contributed by atoms with Crippen LogP contribution in [0.4, 0.5) is 0 Å². The van der Waals surface area contributed by atoms with E-state index in [1.807, 2.05) is 0 Å². The van der Waals surface area contributed by atoms with Crippen molar-refractivity contribution in [3.05, 3.63) is 0 Å². The lowest BCUT2D eigenvalue weighted by Crippen LogP contribution is -2.31. The third-order valence-electron chi connectivity index (χ3n) is 2.54. The van der Waals surface area contributed by atoms with Crippen molar-refractivity contribution in [2.45, 2.75) is 25.7 Å². The van der Waals surface area contributed by atoms with Gasteiger partial charge in [0.1, 0.15) is 19.8 Å². The Morgan fingerprint density at radius 2 is 1.50 bits per heavy atom. The number of rotatable bonds is 15. The van der Waals surface area contributed by atoms with Gasteiger partial charge < -0.3 is 29.7 Å². The van der Waals surface area contributed by atoms with Crippen molar-refractivity contribution >= 4 is 23.8 Å². The lowest BCUT2D eigenvalue weighted by molar-refractivity contribution is -0.145. The Balaban J connectivity index is 3.35. The third-order valence-corrected chi connectivity index (χ3v) is 2.54. The van der Waals surface area contributed by atoms with Crippen LogP contribution in [0.15, 0.2) is 0 Å². The van der Waals surface area contributed by atoms with Gasteiger partial charge >= 0.3 is 17.9 Å². The molecule has 0 saturated heterocycles. The summed E-state index contributed by atoms with van der Waals surface area (Å²) in [6, 6.07) is 0. The SMILES string of the molecule is O=C(O)CCCCC(=O)OCCOCCNC(=O)COCC(=O)O. The molecule has 10 nitrogen and oxygen atoms in total. The van der Waals surface area contributed by atoms with E-state index in [-0.39, 0.29) is 45.8 Å². The van der Waals surface area contributed by atoms with Gasteiger partial charge in [-0.2, -0.15) is 0 Å². The van der Waals surface area contributed by atoms with Crippen molar-refractivity contribution in [3.8, 4) is 0 Å². The Hall–Kier alpha value is -2.20. The Bertz CT molecular complexity index is 411. The Labute approximate surface area is 139 Å². The second-order valence-electron chi connectivity index (χ2n) is 4.67. The predicted octanol–water partition coefficient (Wildman–Crippen LogP) is -0.591. The maximum absolute atomic E-state index is 11.3. The van der Waals surface area contributed by atoms with Crippen LogP contribution in [-0.4, -0.2) is 73.6 Å². The molecule has 3 N–H and O–H groups in total. The zero-order valence-corrected chi connectivity index (χ0v) is 13.3. The average Bonchev–Trinajstić information content (AvgIpc) is 2.50. The van der Waals surface area contributed by atoms with Crippen LogP contribution in [0.2, 0.25) is 0 Å². The highest BCUT2D eigenvalue weighted by atomic mass is 16.6. The van der Waals surface area contributed by atoms with E-state index in [1.165, 1.54) is 0 Å². The number of unbranched alkanes of at least 4 members (excludes halogenated alkanes) is 1. The zero-order chi connectivity index (χ0) is 18.2. The number of carbonyl (C=O) groups excluding carboxylic acids is 2. The highest BCUT2D eigenvalue weighted by molar-refractivity contribution is 5.77. The first-order valence-corrected chi connectivity index (χ1v) is 7.43. The molecule has 0 radical (unpaired) electrons. The van der Waals surface area contributed by atoms with Gasteiger partial charge in [-0.3, -0.25) is 14.4 Å². The second-order valence-corrected chi connectivity index (χ2v) is 4.67. The van der Waals surface area contributed by atoms with E-state index >= 15 is 0 Å². The zero-order valence-electron chi connectivity index (χ0n) is 13.3. The van der Waals surface area contributed by atoms with Crippen molar-refractivity contribution in [3.63, 3.8) is 0 Å². The van der Waals surface area contributed by atoms with Gasteiger partial charge in [0.15, 0.2) is 0 Å². The predicted molar refractivity (Wildman–Crippen MR) is 79.3 cm³/mol. The van der Waals surface area contributed by atoms with Crippen molar-refractivity contribution in [2.24, 2.45) is 0 Å². The maximum atomic E-state index is 11.3. The fourth-order valence-electron chi connectivity index (χ4n) is 1.48. The number of hydrogen-bond acceptors (Lipinski definition) is 7. The number of esters is 1. The van der Waals surface area contributed by atoms with Crippen molar-refractivity contribution < 1.29 is 43.6 Å². The molecule has 0 unspecified atom stereocenters. The Morgan fingerprint density at radius 3 is 2.17 bits per heavy atom. The first-order valence-electron chi connectivity index (χ1n) is 7.43. The van der Waals surface area contributed by atoms with Crippen LogP contribution in [0.5, 0.6) is 0 Å². The first-order chi connectivity index (χ1) is 11.4. The molecule has 0 aromatic carbocycles. The summed E-state index contributed by atoms with van der Waals surface area (Å²) in [7, 11) is 0. The van der Waals surface area contributed by atoms with E-state index in [9.17, 15) is 19.2 Å². The van der Waals surface area contributed by atoms with Gasteiger partial charge in [0.25, 0.3) is 0 Å². The number of nitrogens with one attached hydrogen (secondary N) is 1. The molecule has 1 amide bonds. The number of amides is 1. The van der Waals surface area contributed by atoms with Crippen LogP contribution >= 0.6 is 0 Å². The van der Waals surface area contributed by atoms with Gasteiger partial charge in [0.05, 0.1) is 13.2 Å². The van der Waals surface area contributed by atoms with Crippen molar-refractivity contribution in [1.29, 1.82) is 0 Å². The molecular formula is C14H23NO9. The first kappa shape index (κ1) is 21.8. The van der Waals surface area contributed by atoms with Gasteiger partial charge in [-0.05, 0) is 12.8 Å². The van der Waals surface area contributed by atoms with Gasteiger partial charge in [0.2, 0.25) is 5.91 Å². The standard InChI is InChI=1S/C14H23NO9/c16-11(9-23-10-13(19)20)15-5-6-22-7-8-24-14(21)4-2-1-3-12(17)18/h1-10H2,(H,15,16)(H,17,18)(H,19,20). The lowest BCUT2D eigenvalue weighted by Gasteiger charge is -2.07. The summed E-state index contributed by atoms with van der Waals surface area (Å²) < 4.78 is 14.6. The number of aliphatic carboxylic acids is 2. The van der Waals surface area contributed by atoms with Gasteiger partial charge in [-0.15, -0.1) is 0 Å². The van der Waals surface area contributed by atoms with Gasteiger partial charge in [0, 0.05) is 19.4 Å². The Kier molecular flexibility index (Phi) is 13.1. The van der Waals surface area contributed by atoms with E-state index in [0.29, 0.717) is 12.8 Å². The van der Waals surface area contributed by atoms with Crippen LogP contribution in [0.3, 0.4) is 0 Å². The highest BCUT2D eigenvalue weighted by Crippen LogP contribution is 2.01. The fraction of sp³-hybridized carbons (Fsp3) is 0.714. The minimum atomic E-state index is -1.15. The minimum Gasteiger partial charge on any atom is -0.481 e. The second kappa shape index (κ2) is 14.4. The normalized spacial score (nSPS) is 10.2. The number of carboxylic acid groups (broad SMARTS) is 2. The van der Waals surface area contributed by atoms with Crippen LogP contribution in [0, 0.1) is 0 Å².